The van der Waals surface area contributed by atoms with Gasteiger partial charge in [-0.05, 0) is 85.0 Å². The number of aliphatic hydroxyl groups is 2. The lowest BCUT2D eigenvalue weighted by Crippen LogP contribution is -2.42. The standard InChI is InChI=1S/C31H32BrFN2O5/c1-2-31(17-36,18-37)19-39-23-8-3-20(4-9-23)15-28-29-25(26-16-21(32)5-12-27(26)34-29)13-14-35(28)30(38)40-24-10-6-22(33)7-11-24/h3-12,16,28,34,36-37H,2,13-15,17-19H2,1H3. The van der Waals surface area contributed by atoms with E-state index >= 15 is 0 Å². The van der Waals surface area contributed by atoms with Crippen molar-refractivity contribution in [2.45, 2.75) is 32.2 Å². The van der Waals surface area contributed by atoms with Gasteiger partial charge in [-0.15, -0.1) is 0 Å². The molecule has 210 valence electrons. The number of halogens is 2. The molecule has 7 nitrogen and oxygen atoms in total. The molecule has 5 rings (SSSR count). The molecule has 1 aliphatic heterocycles. The van der Waals surface area contributed by atoms with Gasteiger partial charge in [-0.2, -0.15) is 0 Å². The van der Waals surface area contributed by atoms with Crippen LogP contribution in [0, 0.1) is 11.2 Å². The Morgan fingerprint density at radius 3 is 2.45 bits per heavy atom. The number of hydrogen-bond acceptors (Lipinski definition) is 5. The van der Waals surface area contributed by atoms with Crippen molar-refractivity contribution in [1.29, 1.82) is 0 Å². The molecule has 0 saturated heterocycles. The summed E-state index contributed by atoms with van der Waals surface area (Å²) < 4.78 is 25.9. The van der Waals surface area contributed by atoms with Gasteiger partial charge in [-0.1, -0.05) is 35.0 Å². The molecule has 4 aromatic rings. The lowest BCUT2D eigenvalue weighted by Gasteiger charge is -2.35. The number of aromatic nitrogens is 1. The summed E-state index contributed by atoms with van der Waals surface area (Å²) in [4.78, 5) is 18.6. The first-order valence-corrected chi connectivity index (χ1v) is 14.1. The third kappa shape index (κ3) is 5.87. The quantitative estimate of drug-likeness (QED) is 0.211. The molecule has 0 bridgehead atoms. The number of benzene rings is 3. The summed E-state index contributed by atoms with van der Waals surface area (Å²) in [5.41, 5.74) is 3.46. The van der Waals surface area contributed by atoms with Gasteiger partial charge in [0.1, 0.15) is 17.3 Å². The van der Waals surface area contributed by atoms with Crippen LogP contribution in [0.25, 0.3) is 10.9 Å². The largest absolute Gasteiger partial charge is 0.493 e. The average Bonchev–Trinajstić information content (AvgIpc) is 3.34. The smallest absolute Gasteiger partial charge is 0.415 e. The van der Waals surface area contributed by atoms with Crippen LogP contribution in [0.15, 0.2) is 71.2 Å². The molecule has 1 aliphatic rings. The van der Waals surface area contributed by atoms with Gasteiger partial charge in [-0.3, -0.25) is 4.90 Å². The average molecular weight is 612 g/mol. The Morgan fingerprint density at radius 2 is 1.77 bits per heavy atom. The Labute approximate surface area is 240 Å². The Hall–Kier alpha value is -3.40. The van der Waals surface area contributed by atoms with E-state index in [1.165, 1.54) is 29.8 Å². The van der Waals surface area contributed by atoms with E-state index in [9.17, 15) is 19.4 Å². The number of ether oxygens (including phenoxy) is 2. The fourth-order valence-electron chi connectivity index (χ4n) is 5.08. The number of aromatic amines is 1. The molecular formula is C31H32BrFN2O5. The van der Waals surface area contributed by atoms with E-state index in [-0.39, 0.29) is 31.6 Å². The third-order valence-electron chi connectivity index (χ3n) is 7.78. The van der Waals surface area contributed by atoms with Gasteiger partial charge in [0, 0.05) is 27.6 Å². The molecular weight excluding hydrogens is 579 g/mol. The molecule has 3 aromatic carbocycles. The fraction of sp³-hybridized carbons (Fsp3) is 0.323. The molecule has 0 spiro atoms. The normalized spacial score (nSPS) is 15.2. The van der Waals surface area contributed by atoms with E-state index in [0.29, 0.717) is 31.6 Å². The number of nitrogens with zero attached hydrogens (tertiary/aromatic N) is 1. The van der Waals surface area contributed by atoms with Crippen LogP contribution in [-0.4, -0.2) is 52.6 Å². The molecule has 0 saturated carbocycles. The monoisotopic (exact) mass is 610 g/mol. The summed E-state index contributed by atoms with van der Waals surface area (Å²) in [6.45, 7) is 2.27. The molecule has 2 heterocycles. The third-order valence-corrected chi connectivity index (χ3v) is 8.28. The molecule has 0 radical (unpaired) electrons. The molecule has 0 aliphatic carbocycles. The summed E-state index contributed by atoms with van der Waals surface area (Å²) >= 11 is 3.57. The molecule has 40 heavy (non-hydrogen) atoms. The van der Waals surface area contributed by atoms with Crippen molar-refractivity contribution in [2.24, 2.45) is 5.41 Å². The first-order chi connectivity index (χ1) is 19.3. The predicted molar refractivity (Wildman–Crippen MR) is 154 cm³/mol. The van der Waals surface area contributed by atoms with Crippen molar-refractivity contribution in [3.8, 4) is 11.5 Å². The molecule has 1 amide bonds. The second-order valence-corrected chi connectivity index (χ2v) is 11.2. The minimum atomic E-state index is -0.687. The zero-order valence-electron chi connectivity index (χ0n) is 22.2. The maximum absolute atomic E-state index is 13.4. The number of aliphatic hydroxyl groups excluding tert-OH is 2. The van der Waals surface area contributed by atoms with Gasteiger partial charge >= 0.3 is 6.09 Å². The highest BCUT2D eigenvalue weighted by atomic mass is 79.9. The summed E-state index contributed by atoms with van der Waals surface area (Å²) in [5.74, 6) is 0.521. The van der Waals surface area contributed by atoms with Gasteiger partial charge < -0.3 is 24.7 Å². The van der Waals surface area contributed by atoms with Crippen LogP contribution in [0.4, 0.5) is 9.18 Å². The van der Waals surface area contributed by atoms with Crippen LogP contribution in [0.3, 0.4) is 0 Å². The molecule has 9 heteroatoms. The van der Waals surface area contributed by atoms with Gasteiger partial charge in [0.15, 0.2) is 0 Å². The molecule has 0 fully saturated rings. The minimum Gasteiger partial charge on any atom is -0.493 e. The topological polar surface area (TPSA) is 95.0 Å². The Bertz CT molecular complexity index is 1460. The highest BCUT2D eigenvalue weighted by Gasteiger charge is 2.35. The van der Waals surface area contributed by atoms with Crippen LogP contribution < -0.4 is 9.47 Å². The number of rotatable bonds is 9. The van der Waals surface area contributed by atoms with Crippen LogP contribution >= 0.6 is 15.9 Å². The lowest BCUT2D eigenvalue weighted by molar-refractivity contribution is 0.0114. The maximum Gasteiger partial charge on any atom is 0.415 e. The number of fused-ring (bicyclic) bond motifs is 3. The number of hydrogen-bond donors (Lipinski definition) is 3. The van der Waals surface area contributed by atoms with Crippen LogP contribution in [0.1, 0.15) is 36.2 Å². The van der Waals surface area contributed by atoms with Crippen LogP contribution in [-0.2, 0) is 12.8 Å². The maximum atomic E-state index is 13.4. The van der Waals surface area contributed by atoms with Crippen molar-refractivity contribution in [2.75, 3.05) is 26.4 Å². The van der Waals surface area contributed by atoms with Crippen molar-refractivity contribution in [1.82, 2.24) is 9.88 Å². The SMILES string of the molecule is CCC(CO)(CO)COc1ccc(CC2c3[nH]c4ccc(Br)cc4c3CCN2C(=O)Oc2ccc(F)cc2)cc1. The Kier molecular flexibility index (Phi) is 8.44. The number of H-pyrrole nitrogens is 1. The molecule has 3 N–H and O–H groups in total. The predicted octanol–water partition coefficient (Wildman–Crippen LogP) is 6.17. The van der Waals surface area contributed by atoms with Crippen molar-refractivity contribution in [3.05, 3.63) is 93.8 Å². The van der Waals surface area contributed by atoms with Crippen molar-refractivity contribution < 1.29 is 28.9 Å². The second kappa shape index (κ2) is 12.0. The van der Waals surface area contributed by atoms with Gasteiger partial charge in [0.25, 0.3) is 0 Å². The van der Waals surface area contributed by atoms with E-state index in [1.807, 2.05) is 43.3 Å². The van der Waals surface area contributed by atoms with E-state index in [2.05, 4.69) is 27.0 Å². The van der Waals surface area contributed by atoms with Crippen LogP contribution in [0.5, 0.6) is 11.5 Å². The van der Waals surface area contributed by atoms with Crippen LogP contribution in [0.2, 0.25) is 0 Å². The van der Waals surface area contributed by atoms with Gasteiger partial charge in [0.2, 0.25) is 0 Å². The highest BCUT2D eigenvalue weighted by Crippen LogP contribution is 2.38. The zero-order valence-corrected chi connectivity index (χ0v) is 23.8. The molecule has 1 atom stereocenters. The number of carbonyl (C=O) groups is 1. The van der Waals surface area contributed by atoms with Crippen molar-refractivity contribution >= 4 is 32.9 Å². The lowest BCUT2D eigenvalue weighted by atomic mass is 9.88. The number of nitrogens with one attached hydrogen (secondary N) is 1. The Balaban J connectivity index is 1.40. The van der Waals surface area contributed by atoms with Gasteiger partial charge in [0.05, 0.1) is 31.3 Å². The minimum absolute atomic E-state index is 0.160. The van der Waals surface area contributed by atoms with E-state index < -0.39 is 17.3 Å². The van der Waals surface area contributed by atoms with E-state index in [1.54, 1.807) is 4.90 Å². The van der Waals surface area contributed by atoms with E-state index in [0.717, 1.165) is 26.6 Å². The second-order valence-electron chi connectivity index (χ2n) is 10.3. The zero-order chi connectivity index (χ0) is 28.3. The first kappa shape index (κ1) is 28.1. The molecule has 1 unspecified atom stereocenters. The van der Waals surface area contributed by atoms with Crippen molar-refractivity contribution in [3.63, 3.8) is 0 Å². The highest BCUT2D eigenvalue weighted by molar-refractivity contribution is 9.10. The summed E-state index contributed by atoms with van der Waals surface area (Å²) in [5, 5.41) is 20.5. The number of carbonyl (C=O) groups excluding carboxylic acids is 1. The molecule has 1 aromatic heterocycles. The Morgan fingerprint density at radius 1 is 1.07 bits per heavy atom. The first-order valence-electron chi connectivity index (χ1n) is 13.3. The fourth-order valence-corrected chi connectivity index (χ4v) is 5.44. The van der Waals surface area contributed by atoms with Gasteiger partial charge in [-0.25, -0.2) is 9.18 Å². The van der Waals surface area contributed by atoms with E-state index in [4.69, 9.17) is 9.47 Å². The summed E-state index contributed by atoms with van der Waals surface area (Å²) in [6, 6.07) is 18.8. The summed E-state index contributed by atoms with van der Waals surface area (Å²) in [6.07, 6.45) is 1.30. The number of amides is 1. The summed E-state index contributed by atoms with van der Waals surface area (Å²) in [7, 11) is 0.